The quantitative estimate of drug-likeness (QED) is 0.377. The zero-order chi connectivity index (χ0) is 25.9. The van der Waals surface area contributed by atoms with Crippen LogP contribution >= 0.6 is 0 Å². The van der Waals surface area contributed by atoms with Gasteiger partial charge in [-0.15, -0.1) is 0 Å². The lowest BCUT2D eigenvalue weighted by Gasteiger charge is -2.36. The first-order valence-electron chi connectivity index (χ1n) is 12.6. The molecule has 5 rings (SSSR count). The van der Waals surface area contributed by atoms with Crippen LogP contribution in [0.1, 0.15) is 23.2 Å². The molecule has 1 fully saturated rings. The number of aryl methyl sites for hydroxylation is 2. The molecule has 37 heavy (non-hydrogen) atoms. The number of carbonyl (C=O) groups excluding carboxylic acids is 1. The smallest absolute Gasteiger partial charge is 0.223 e. The van der Waals surface area contributed by atoms with Gasteiger partial charge in [0.15, 0.2) is 5.65 Å². The van der Waals surface area contributed by atoms with Crippen LogP contribution in [0.3, 0.4) is 0 Å². The first-order chi connectivity index (χ1) is 18.0. The van der Waals surface area contributed by atoms with Crippen LogP contribution in [0.15, 0.2) is 54.6 Å². The monoisotopic (exact) mass is 499 g/mol. The molecular weight excluding hydrogens is 466 g/mol. The van der Waals surface area contributed by atoms with Crippen molar-refractivity contribution < 1.29 is 14.3 Å². The first-order valence-corrected chi connectivity index (χ1v) is 12.6. The molecule has 0 radical (unpaired) electrons. The lowest BCUT2D eigenvalue weighted by atomic mass is 10.0. The van der Waals surface area contributed by atoms with E-state index in [1.165, 1.54) is 0 Å². The summed E-state index contributed by atoms with van der Waals surface area (Å²) in [5.41, 5.74) is 5.78. The van der Waals surface area contributed by atoms with Crippen LogP contribution in [0.25, 0.3) is 16.7 Å². The van der Waals surface area contributed by atoms with Crippen LogP contribution < -0.4 is 14.4 Å². The molecule has 4 aromatic rings. The van der Waals surface area contributed by atoms with E-state index in [4.69, 9.17) is 19.6 Å². The zero-order valence-corrected chi connectivity index (χ0v) is 21.9. The van der Waals surface area contributed by atoms with Crippen molar-refractivity contribution in [3.8, 4) is 17.3 Å². The van der Waals surface area contributed by atoms with E-state index in [0.717, 1.165) is 58.1 Å². The number of hydrogen-bond acceptors (Lipinski definition) is 6. The maximum atomic E-state index is 13.2. The molecule has 0 N–H and O–H groups in total. The number of fused-ring (bicyclic) bond motifs is 1. The molecule has 0 spiro atoms. The van der Waals surface area contributed by atoms with Crippen LogP contribution in [-0.4, -0.2) is 66.0 Å². The Labute approximate surface area is 217 Å². The van der Waals surface area contributed by atoms with Crippen LogP contribution in [0.2, 0.25) is 0 Å². The van der Waals surface area contributed by atoms with Gasteiger partial charge in [-0.1, -0.05) is 24.3 Å². The Balaban J connectivity index is 1.30. The molecule has 0 unspecified atom stereocenters. The molecule has 0 bridgehead atoms. The number of para-hydroxylation sites is 1. The second kappa shape index (κ2) is 10.5. The predicted octanol–water partition coefficient (Wildman–Crippen LogP) is 4.34. The summed E-state index contributed by atoms with van der Waals surface area (Å²) in [5, 5.41) is 5.77. The number of methoxy groups -OCH3 is 2. The van der Waals surface area contributed by atoms with Crippen molar-refractivity contribution in [3.63, 3.8) is 0 Å². The van der Waals surface area contributed by atoms with Gasteiger partial charge >= 0.3 is 0 Å². The average Bonchev–Trinajstić information content (AvgIpc) is 3.29. The van der Waals surface area contributed by atoms with Gasteiger partial charge in [0, 0.05) is 55.3 Å². The van der Waals surface area contributed by atoms with E-state index < -0.39 is 0 Å². The SMILES string of the molecule is COc1cccc(N2CCN(C(=O)CCc3c(OC)nc4c(c(C)nn4-c4ccccc4)c3C)CC2)c1. The third-order valence-electron chi connectivity index (χ3n) is 7.16. The third-order valence-corrected chi connectivity index (χ3v) is 7.16. The van der Waals surface area contributed by atoms with E-state index in [9.17, 15) is 4.79 Å². The van der Waals surface area contributed by atoms with Crippen molar-refractivity contribution in [3.05, 3.63) is 71.4 Å². The zero-order valence-electron chi connectivity index (χ0n) is 21.9. The maximum absolute atomic E-state index is 13.2. The van der Waals surface area contributed by atoms with Crippen molar-refractivity contribution in [2.75, 3.05) is 45.3 Å². The normalized spacial score (nSPS) is 13.7. The largest absolute Gasteiger partial charge is 0.497 e. The Hall–Kier alpha value is -4.07. The van der Waals surface area contributed by atoms with Crippen molar-refractivity contribution in [1.29, 1.82) is 0 Å². The summed E-state index contributed by atoms with van der Waals surface area (Å²) in [7, 11) is 3.31. The van der Waals surface area contributed by atoms with Gasteiger partial charge < -0.3 is 19.3 Å². The van der Waals surface area contributed by atoms with Crippen molar-refractivity contribution in [2.24, 2.45) is 0 Å². The van der Waals surface area contributed by atoms with E-state index in [1.807, 2.05) is 65.0 Å². The van der Waals surface area contributed by atoms with E-state index in [2.05, 4.69) is 17.9 Å². The lowest BCUT2D eigenvalue weighted by Crippen LogP contribution is -2.48. The highest BCUT2D eigenvalue weighted by Crippen LogP contribution is 2.32. The summed E-state index contributed by atoms with van der Waals surface area (Å²) in [5.74, 6) is 1.55. The van der Waals surface area contributed by atoms with Crippen molar-refractivity contribution in [2.45, 2.75) is 26.7 Å². The van der Waals surface area contributed by atoms with Gasteiger partial charge in [-0.3, -0.25) is 4.79 Å². The van der Waals surface area contributed by atoms with E-state index in [1.54, 1.807) is 14.2 Å². The van der Waals surface area contributed by atoms with Crippen LogP contribution in [-0.2, 0) is 11.2 Å². The van der Waals surface area contributed by atoms with Gasteiger partial charge in [-0.2, -0.15) is 10.1 Å². The maximum Gasteiger partial charge on any atom is 0.223 e. The Bertz CT molecular complexity index is 1410. The number of benzene rings is 2. The summed E-state index contributed by atoms with van der Waals surface area (Å²) in [6, 6.07) is 18.0. The van der Waals surface area contributed by atoms with E-state index in [0.29, 0.717) is 31.8 Å². The van der Waals surface area contributed by atoms with Crippen LogP contribution in [0.5, 0.6) is 11.6 Å². The topological polar surface area (TPSA) is 72.7 Å². The summed E-state index contributed by atoms with van der Waals surface area (Å²) in [4.78, 5) is 22.2. The number of rotatable bonds is 7. The number of anilines is 1. The fourth-order valence-corrected chi connectivity index (χ4v) is 5.16. The molecular formula is C29H33N5O3. The Morgan fingerprint density at radius 3 is 2.35 bits per heavy atom. The van der Waals surface area contributed by atoms with E-state index >= 15 is 0 Å². The average molecular weight is 500 g/mol. The van der Waals surface area contributed by atoms with E-state index in [-0.39, 0.29) is 5.91 Å². The summed E-state index contributed by atoms with van der Waals surface area (Å²) < 4.78 is 12.9. The molecule has 2 aromatic heterocycles. The molecule has 0 saturated carbocycles. The fourth-order valence-electron chi connectivity index (χ4n) is 5.16. The molecule has 1 amide bonds. The number of nitrogens with zero attached hydrogens (tertiary/aromatic N) is 5. The summed E-state index contributed by atoms with van der Waals surface area (Å²) in [6.07, 6.45) is 0.984. The van der Waals surface area contributed by atoms with Crippen LogP contribution in [0.4, 0.5) is 5.69 Å². The highest BCUT2D eigenvalue weighted by molar-refractivity contribution is 5.86. The minimum Gasteiger partial charge on any atom is -0.497 e. The van der Waals surface area contributed by atoms with Gasteiger partial charge in [0.25, 0.3) is 0 Å². The molecule has 8 heteroatoms. The molecule has 0 atom stereocenters. The second-order valence-electron chi connectivity index (χ2n) is 9.33. The molecule has 192 valence electrons. The predicted molar refractivity (Wildman–Crippen MR) is 145 cm³/mol. The number of piperazine rings is 1. The minimum atomic E-state index is 0.156. The number of carbonyl (C=O) groups is 1. The number of hydrogen-bond donors (Lipinski definition) is 0. The van der Waals surface area contributed by atoms with Gasteiger partial charge in [0.1, 0.15) is 5.75 Å². The van der Waals surface area contributed by atoms with Crippen molar-refractivity contribution >= 4 is 22.6 Å². The van der Waals surface area contributed by atoms with Gasteiger partial charge in [0.05, 0.1) is 25.6 Å². The number of amides is 1. The molecule has 1 aliphatic heterocycles. The van der Waals surface area contributed by atoms with Crippen LogP contribution in [0, 0.1) is 13.8 Å². The number of pyridine rings is 1. The summed E-state index contributed by atoms with van der Waals surface area (Å²) in [6.45, 7) is 7.07. The first kappa shape index (κ1) is 24.6. The highest BCUT2D eigenvalue weighted by atomic mass is 16.5. The standard InChI is InChI=1S/C29H33N5O3/c1-20-25(29(37-4)30-28-27(20)21(2)31-34(28)22-9-6-5-7-10-22)13-14-26(35)33-17-15-32(16-18-33)23-11-8-12-24(19-23)36-3/h5-12,19H,13-18H2,1-4H3. The van der Waals surface area contributed by atoms with Crippen molar-refractivity contribution in [1.82, 2.24) is 19.7 Å². The Kier molecular flexibility index (Phi) is 6.99. The minimum absolute atomic E-state index is 0.156. The fraction of sp³-hybridized carbons (Fsp3) is 0.345. The molecule has 0 aliphatic carbocycles. The Morgan fingerprint density at radius 1 is 0.919 bits per heavy atom. The lowest BCUT2D eigenvalue weighted by molar-refractivity contribution is -0.131. The highest BCUT2D eigenvalue weighted by Gasteiger charge is 2.24. The molecule has 1 saturated heterocycles. The van der Waals surface area contributed by atoms with Gasteiger partial charge in [-0.25, -0.2) is 4.68 Å². The summed E-state index contributed by atoms with van der Waals surface area (Å²) >= 11 is 0. The molecule has 1 aliphatic rings. The Morgan fingerprint density at radius 2 is 1.65 bits per heavy atom. The van der Waals surface area contributed by atoms with Gasteiger partial charge in [0.2, 0.25) is 11.8 Å². The third kappa shape index (κ3) is 4.83. The second-order valence-corrected chi connectivity index (χ2v) is 9.33. The number of aromatic nitrogens is 3. The number of ether oxygens (including phenoxy) is 2. The molecule has 2 aromatic carbocycles. The molecule has 8 nitrogen and oxygen atoms in total. The van der Waals surface area contributed by atoms with Gasteiger partial charge in [-0.05, 0) is 50.1 Å². The molecule has 3 heterocycles.